The van der Waals surface area contributed by atoms with E-state index >= 15 is 0 Å². The molecule has 3 rings (SSSR count). The molecule has 0 radical (unpaired) electrons. The Morgan fingerprint density at radius 3 is 2.06 bits per heavy atom. The van der Waals surface area contributed by atoms with Crippen LogP contribution >= 0.6 is 0 Å². The molecule has 0 fully saturated rings. The Morgan fingerprint density at radius 1 is 0.743 bits per heavy atom. The third-order valence-corrected chi connectivity index (χ3v) is 7.50. The van der Waals surface area contributed by atoms with Gasteiger partial charge in [0.25, 0.3) is 0 Å². The molecule has 0 aliphatic heterocycles. The minimum absolute atomic E-state index is 0.0660. The molecule has 2 heteroatoms. The van der Waals surface area contributed by atoms with Crippen LogP contribution < -0.4 is 0 Å². The topological polar surface area (TPSA) is 26.3 Å². The fourth-order valence-corrected chi connectivity index (χ4v) is 5.39. The normalized spacial score (nSPS) is 14.5. The summed E-state index contributed by atoms with van der Waals surface area (Å²) in [5.41, 5.74) is 3.91. The fraction of sp³-hybridized carbons (Fsp3) is 0.606. The summed E-state index contributed by atoms with van der Waals surface area (Å²) in [5, 5.41) is 2.52. The largest absolute Gasteiger partial charge is 0.453 e. The first kappa shape index (κ1) is 27.5. The number of unbranched alkanes of at least 4 members (excludes halogenated alkanes) is 13. The van der Waals surface area contributed by atoms with Crippen LogP contribution in [0.4, 0.5) is 0 Å². The molecular formula is C33H48O2. The van der Waals surface area contributed by atoms with E-state index in [4.69, 9.17) is 4.74 Å². The zero-order valence-corrected chi connectivity index (χ0v) is 22.5. The first-order chi connectivity index (χ1) is 17.2. The van der Waals surface area contributed by atoms with Crippen LogP contribution in [-0.4, -0.2) is 5.97 Å². The van der Waals surface area contributed by atoms with E-state index in [1.165, 1.54) is 105 Å². The van der Waals surface area contributed by atoms with Crippen LogP contribution in [0.1, 0.15) is 139 Å². The van der Waals surface area contributed by atoms with Crippen LogP contribution in [0, 0.1) is 0 Å². The van der Waals surface area contributed by atoms with Crippen LogP contribution in [0.3, 0.4) is 0 Å². The van der Waals surface area contributed by atoms with Gasteiger partial charge in [-0.2, -0.15) is 0 Å². The Balaban J connectivity index is 1.51. The summed E-state index contributed by atoms with van der Waals surface area (Å²) in [6, 6.07) is 11.0. The Kier molecular flexibility index (Phi) is 12.4. The van der Waals surface area contributed by atoms with Gasteiger partial charge in [-0.25, -0.2) is 0 Å². The summed E-state index contributed by atoms with van der Waals surface area (Å²) in [6.07, 6.45) is 25.0. The van der Waals surface area contributed by atoms with Crippen LogP contribution in [0.25, 0.3) is 16.8 Å². The zero-order chi connectivity index (χ0) is 24.7. The van der Waals surface area contributed by atoms with Crippen LogP contribution in [0.15, 0.2) is 36.4 Å². The van der Waals surface area contributed by atoms with Crippen molar-refractivity contribution in [2.45, 2.75) is 129 Å². The van der Waals surface area contributed by atoms with E-state index in [-0.39, 0.29) is 12.1 Å². The maximum Gasteiger partial charge on any atom is 0.306 e. The molecule has 1 aliphatic rings. The highest BCUT2D eigenvalue weighted by molar-refractivity contribution is 5.97. The molecule has 0 saturated carbocycles. The van der Waals surface area contributed by atoms with Gasteiger partial charge in [-0.15, -0.1) is 0 Å². The quantitative estimate of drug-likeness (QED) is 0.158. The third kappa shape index (κ3) is 8.81. The summed E-state index contributed by atoms with van der Waals surface area (Å²) in [7, 11) is 0. The number of rotatable bonds is 18. The molecule has 192 valence electrons. The minimum atomic E-state index is -0.262. The molecule has 2 nitrogen and oxygen atoms in total. The first-order valence-electron chi connectivity index (χ1n) is 14.7. The van der Waals surface area contributed by atoms with E-state index in [0.29, 0.717) is 6.42 Å². The summed E-state index contributed by atoms with van der Waals surface area (Å²) in [4.78, 5) is 12.6. The molecular weight excluding hydrogens is 428 g/mol. The van der Waals surface area contributed by atoms with Crippen molar-refractivity contribution in [3.05, 3.63) is 53.1 Å². The molecule has 1 atom stereocenters. The van der Waals surface area contributed by atoms with Gasteiger partial charge in [-0.3, -0.25) is 4.79 Å². The van der Waals surface area contributed by atoms with Crippen molar-refractivity contribution in [2.24, 2.45) is 0 Å². The van der Waals surface area contributed by atoms with E-state index in [1.54, 1.807) is 0 Å². The van der Waals surface area contributed by atoms with Crippen molar-refractivity contribution in [2.75, 3.05) is 0 Å². The molecule has 0 saturated heterocycles. The van der Waals surface area contributed by atoms with Crippen molar-refractivity contribution in [1.82, 2.24) is 0 Å². The van der Waals surface area contributed by atoms with E-state index in [1.807, 2.05) is 0 Å². The van der Waals surface area contributed by atoms with Gasteiger partial charge in [-0.05, 0) is 47.2 Å². The number of ether oxygens (including phenoxy) is 1. The zero-order valence-electron chi connectivity index (χ0n) is 22.5. The van der Waals surface area contributed by atoms with Gasteiger partial charge in [0.1, 0.15) is 6.10 Å². The standard InChI is InChI=1S/C33H48O2/c1-3-5-7-9-11-13-14-16-19-27-23-24-28-20-18-21-30-31(26-25-29(27)33(28)30)35-32(34)22-17-15-12-10-8-6-4-2/h18,20-21,23-26,31H,3-17,19,22H2,1-2H3. The average Bonchev–Trinajstić information content (AvgIpc) is 2.87. The Hall–Kier alpha value is -2.09. The second kappa shape index (κ2) is 15.8. The lowest BCUT2D eigenvalue weighted by Gasteiger charge is -2.23. The smallest absolute Gasteiger partial charge is 0.306 e. The maximum absolute atomic E-state index is 12.6. The number of carbonyl (C=O) groups excluding carboxylic acids is 1. The molecule has 0 bridgehead atoms. The predicted molar refractivity (Wildman–Crippen MR) is 151 cm³/mol. The highest BCUT2D eigenvalue weighted by Gasteiger charge is 2.22. The van der Waals surface area contributed by atoms with Crippen molar-refractivity contribution >= 4 is 22.8 Å². The van der Waals surface area contributed by atoms with Gasteiger partial charge < -0.3 is 4.74 Å². The van der Waals surface area contributed by atoms with Crippen LogP contribution in [-0.2, 0) is 16.0 Å². The SMILES string of the molecule is CCCCCCCCCCc1ccc2cccc3c2c1C=CC3OC(=O)CCCCCCCCC. The maximum atomic E-state index is 12.6. The predicted octanol–water partition coefficient (Wildman–Crippen LogP) is 10.3. The van der Waals surface area contributed by atoms with Gasteiger partial charge in [-0.1, -0.05) is 134 Å². The van der Waals surface area contributed by atoms with Gasteiger partial charge in [0.05, 0.1) is 0 Å². The average molecular weight is 477 g/mol. The molecule has 0 spiro atoms. The van der Waals surface area contributed by atoms with Crippen molar-refractivity contribution in [3.8, 4) is 0 Å². The highest BCUT2D eigenvalue weighted by Crippen LogP contribution is 2.37. The molecule has 1 aliphatic carbocycles. The molecule has 2 aromatic carbocycles. The van der Waals surface area contributed by atoms with Crippen LogP contribution in [0.5, 0.6) is 0 Å². The molecule has 2 aromatic rings. The number of aryl methyl sites for hydroxylation is 1. The van der Waals surface area contributed by atoms with Gasteiger partial charge >= 0.3 is 5.97 Å². The van der Waals surface area contributed by atoms with Crippen LogP contribution in [0.2, 0.25) is 0 Å². The lowest BCUT2D eigenvalue weighted by atomic mass is 9.87. The monoisotopic (exact) mass is 476 g/mol. The van der Waals surface area contributed by atoms with E-state index in [9.17, 15) is 4.79 Å². The number of carbonyl (C=O) groups is 1. The minimum Gasteiger partial charge on any atom is -0.453 e. The molecule has 0 N–H and O–H groups in total. The van der Waals surface area contributed by atoms with Gasteiger partial charge in [0.2, 0.25) is 0 Å². The Morgan fingerprint density at radius 2 is 1.37 bits per heavy atom. The second-order valence-electron chi connectivity index (χ2n) is 10.4. The number of hydrogen-bond donors (Lipinski definition) is 0. The van der Waals surface area contributed by atoms with Gasteiger partial charge in [0.15, 0.2) is 0 Å². The lowest BCUT2D eigenvalue weighted by molar-refractivity contribution is -0.147. The fourth-order valence-electron chi connectivity index (χ4n) is 5.39. The third-order valence-electron chi connectivity index (χ3n) is 7.50. The summed E-state index contributed by atoms with van der Waals surface area (Å²) < 4.78 is 5.95. The van der Waals surface area contributed by atoms with Crippen molar-refractivity contribution in [1.29, 1.82) is 0 Å². The molecule has 0 heterocycles. The number of esters is 1. The van der Waals surface area contributed by atoms with Gasteiger partial charge in [0, 0.05) is 12.0 Å². The van der Waals surface area contributed by atoms with E-state index in [0.717, 1.165) is 24.8 Å². The molecule has 0 amide bonds. The number of benzene rings is 2. The van der Waals surface area contributed by atoms with Crippen molar-refractivity contribution < 1.29 is 9.53 Å². The summed E-state index contributed by atoms with van der Waals surface area (Å²) in [5.74, 6) is -0.0660. The molecule has 0 aromatic heterocycles. The lowest BCUT2D eigenvalue weighted by Crippen LogP contribution is -2.12. The number of hydrogen-bond acceptors (Lipinski definition) is 2. The van der Waals surface area contributed by atoms with E-state index < -0.39 is 0 Å². The summed E-state index contributed by atoms with van der Waals surface area (Å²) in [6.45, 7) is 4.52. The first-order valence-corrected chi connectivity index (χ1v) is 14.7. The molecule has 1 unspecified atom stereocenters. The summed E-state index contributed by atoms with van der Waals surface area (Å²) >= 11 is 0. The Bertz CT molecular complexity index is 926. The second-order valence-corrected chi connectivity index (χ2v) is 10.4. The highest BCUT2D eigenvalue weighted by atomic mass is 16.5. The van der Waals surface area contributed by atoms with E-state index in [2.05, 4.69) is 56.3 Å². The molecule has 35 heavy (non-hydrogen) atoms. The Labute approximate surface area is 214 Å². The van der Waals surface area contributed by atoms with Crippen molar-refractivity contribution in [3.63, 3.8) is 0 Å².